The Bertz CT molecular complexity index is 406. The van der Waals surface area contributed by atoms with E-state index in [0.29, 0.717) is 29.6 Å². The van der Waals surface area contributed by atoms with Crippen LogP contribution in [0.3, 0.4) is 0 Å². The third-order valence-electron chi connectivity index (χ3n) is 3.09. The third-order valence-corrected chi connectivity index (χ3v) is 3.09. The van der Waals surface area contributed by atoms with E-state index in [1.54, 1.807) is 13.2 Å². The maximum atomic E-state index is 13.7. The Morgan fingerprint density at radius 3 is 2.35 bits per heavy atom. The molecular weight excluding hydrogens is 223 g/mol. The summed E-state index contributed by atoms with van der Waals surface area (Å²) in [6.07, 6.45) is 2.09. The smallest absolute Gasteiger partial charge is 0.163 e. The Morgan fingerprint density at radius 2 is 1.82 bits per heavy atom. The first-order chi connectivity index (χ1) is 8.15. The van der Waals surface area contributed by atoms with Crippen LogP contribution in [0.2, 0.25) is 0 Å². The average molecular weight is 240 g/mol. The van der Waals surface area contributed by atoms with Gasteiger partial charge in [0.05, 0.1) is 26.4 Å². The number of rotatable bonds is 5. The highest BCUT2D eigenvalue weighted by molar-refractivity contribution is 5.43. The number of methoxy groups -OCH3 is 2. The molecule has 1 saturated heterocycles. The number of aryl methyl sites for hydroxylation is 1. The molecule has 1 heterocycles. The van der Waals surface area contributed by atoms with Crippen molar-refractivity contribution in [2.24, 2.45) is 0 Å². The summed E-state index contributed by atoms with van der Waals surface area (Å²) in [4.78, 5) is 0. The standard InChI is InChI=1S/C13H17FO3/c1-8-11(17-8)5-4-9-6-12(15-2)13(16-3)7-10(9)14/h6-8,11H,4-5H2,1-3H3. The summed E-state index contributed by atoms with van der Waals surface area (Å²) in [5.41, 5.74) is 0.644. The minimum absolute atomic E-state index is 0.254. The lowest BCUT2D eigenvalue weighted by Crippen LogP contribution is -1.99. The lowest BCUT2D eigenvalue weighted by Gasteiger charge is -2.10. The van der Waals surface area contributed by atoms with Gasteiger partial charge in [0.15, 0.2) is 11.5 Å². The van der Waals surface area contributed by atoms with Crippen molar-refractivity contribution in [3.63, 3.8) is 0 Å². The molecule has 2 rings (SSSR count). The van der Waals surface area contributed by atoms with E-state index in [0.717, 1.165) is 6.42 Å². The number of hydrogen-bond acceptors (Lipinski definition) is 3. The van der Waals surface area contributed by atoms with Crippen molar-refractivity contribution in [1.29, 1.82) is 0 Å². The average Bonchev–Trinajstić information content (AvgIpc) is 3.03. The second kappa shape index (κ2) is 4.92. The van der Waals surface area contributed by atoms with Gasteiger partial charge >= 0.3 is 0 Å². The van der Waals surface area contributed by atoms with Gasteiger partial charge in [0.2, 0.25) is 0 Å². The fourth-order valence-electron chi connectivity index (χ4n) is 1.92. The normalized spacial score (nSPS) is 22.4. The molecular formula is C13H17FO3. The fourth-order valence-corrected chi connectivity index (χ4v) is 1.92. The van der Waals surface area contributed by atoms with E-state index in [4.69, 9.17) is 14.2 Å². The molecule has 1 aliphatic heterocycles. The predicted molar refractivity (Wildman–Crippen MR) is 62.2 cm³/mol. The van der Waals surface area contributed by atoms with Crippen molar-refractivity contribution in [3.05, 3.63) is 23.5 Å². The molecule has 1 aromatic rings. The molecule has 0 aromatic heterocycles. The zero-order valence-corrected chi connectivity index (χ0v) is 10.3. The molecule has 0 amide bonds. The summed E-state index contributed by atoms with van der Waals surface area (Å²) in [6, 6.07) is 3.06. The number of benzene rings is 1. The van der Waals surface area contributed by atoms with Crippen molar-refractivity contribution in [3.8, 4) is 11.5 Å². The van der Waals surface area contributed by atoms with Crippen LogP contribution in [0.5, 0.6) is 11.5 Å². The van der Waals surface area contributed by atoms with Crippen LogP contribution < -0.4 is 9.47 Å². The molecule has 0 bridgehead atoms. The van der Waals surface area contributed by atoms with Gasteiger partial charge < -0.3 is 14.2 Å². The second-order valence-corrected chi connectivity index (χ2v) is 4.22. The number of halogens is 1. The number of ether oxygens (including phenoxy) is 3. The monoisotopic (exact) mass is 240 g/mol. The van der Waals surface area contributed by atoms with Crippen LogP contribution in [0.25, 0.3) is 0 Å². The van der Waals surface area contributed by atoms with E-state index >= 15 is 0 Å². The SMILES string of the molecule is COc1cc(F)c(CCC2OC2C)cc1OC. The quantitative estimate of drug-likeness (QED) is 0.741. The lowest BCUT2D eigenvalue weighted by molar-refractivity contribution is 0.350. The van der Waals surface area contributed by atoms with Gasteiger partial charge in [-0.1, -0.05) is 0 Å². The molecule has 3 nitrogen and oxygen atoms in total. The molecule has 0 N–H and O–H groups in total. The van der Waals surface area contributed by atoms with Crippen molar-refractivity contribution < 1.29 is 18.6 Å². The summed E-state index contributed by atoms with van der Waals surface area (Å²) in [5.74, 6) is 0.731. The summed E-state index contributed by atoms with van der Waals surface area (Å²) >= 11 is 0. The predicted octanol–water partition coefficient (Wildman–Crippen LogP) is 2.56. The van der Waals surface area contributed by atoms with Gasteiger partial charge in [-0.25, -0.2) is 4.39 Å². The Morgan fingerprint density at radius 1 is 1.24 bits per heavy atom. The van der Waals surface area contributed by atoms with Crippen LogP contribution >= 0.6 is 0 Å². The summed E-state index contributed by atoms with van der Waals surface area (Å²) in [5, 5.41) is 0. The zero-order chi connectivity index (χ0) is 12.4. The van der Waals surface area contributed by atoms with Crippen LogP contribution in [0, 0.1) is 5.82 Å². The minimum atomic E-state index is -0.254. The highest BCUT2D eigenvalue weighted by Crippen LogP contribution is 2.32. The van der Waals surface area contributed by atoms with Crippen LogP contribution in [-0.2, 0) is 11.2 Å². The van der Waals surface area contributed by atoms with Crippen molar-refractivity contribution in [2.45, 2.75) is 32.0 Å². The molecule has 0 radical (unpaired) electrons. The summed E-state index contributed by atoms with van der Waals surface area (Å²) < 4.78 is 29.2. The van der Waals surface area contributed by atoms with Gasteiger partial charge in [-0.3, -0.25) is 0 Å². The van der Waals surface area contributed by atoms with E-state index in [2.05, 4.69) is 0 Å². The fraction of sp³-hybridized carbons (Fsp3) is 0.538. The van der Waals surface area contributed by atoms with Gasteiger partial charge in [0.25, 0.3) is 0 Å². The molecule has 0 aliphatic carbocycles. The maximum absolute atomic E-state index is 13.7. The molecule has 1 aliphatic rings. The van der Waals surface area contributed by atoms with Gasteiger partial charge in [0.1, 0.15) is 5.82 Å². The van der Waals surface area contributed by atoms with E-state index in [9.17, 15) is 4.39 Å². The second-order valence-electron chi connectivity index (χ2n) is 4.22. The van der Waals surface area contributed by atoms with Crippen LogP contribution in [0.15, 0.2) is 12.1 Å². The lowest BCUT2D eigenvalue weighted by atomic mass is 10.1. The summed E-state index contributed by atoms with van der Waals surface area (Å²) in [6.45, 7) is 2.02. The summed E-state index contributed by atoms with van der Waals surface area (Å²) in [7, 11) is 3.04. The molecule has 2 unspecified atom stereocenters. The minimum Gasteiger partial charge on any atom is -0.493 e. The molecule has 94 valence electrons. The molecule has 1 aromatic carbocycles. The van der Waals surface area contributed by atoms with Crippen molar-refractivity contribution in [2.75, 3.05) is 14.2 Å². The molecule has 4 heteroatoms. The van der Waals surface area contributed by atoms with Gasteiger partial charge in [-0.05, 0) is 31.4 Å². The highest BCUT2D eigenvalue weighted by atomic mass is 19.1. The van der Waals surface area contributed by atoms with E-state index in [1.165, 1.54) is 13.2 Å². The van der Waals surface area contributed by atoms with Gasteiger partial charge in [-0.2, -0.15) is 0 Å². The van der Waals surface area contributed by atoms with Crippen molar-refractivity contribution >= 4 is 0 Å². The molecule has 1 fully saturated rings. The van der Waals surface area contributed by atoms with Crippen molar-refractivity contribution in [1.82, 2.24) is 0 Å². The van der Waals surface area contributed by atoms with Gasteiger partial charge in [0, 0.05) is 6.07 Å². The molecule has 2 atom stereocenters. The molecule has 0 spiro atoms. The highest BCUT2D eigenvalue weighted by Gasteiger charge is 2.33. The topological polar surface area (TPSA) is 31.0 Å². The first kappa shape index (κ1) is 12.2. The Labute approximate surface area is 100 Å². The molecule has 0 saturated carbocycles. The first-order valence-corrected chi connectivity index (χ1v) is 5.71. The zero-order valence-electron chi connectivity index (χ0n) is 10.3. The number of epoxide rings is 1. The largest absolute Gasteiger partial charge is 0.493 e. The van der Waals surface area contributed by atoms with Crippen LogP contribution in [0.1, 0.15) is 18.9 Å². The van der Waals surface area contributed by atoms with Gasteiger partial charge in [-0.15, -0.1) is 0 Å². The Kier molecular flexibility index (Phi) is 3.52. The maximum Gasteiger partial charge on any atom is 0.163 e. The van der Waals surface area contributed by atoms with Crippen LogP contribution in [-0.4, -0.2) is 26.4 Å². The third kappa shape index (κ3) is 2.69. The Balaban J connectivity index is 2.10. The van der Waals surface area contributed by atoms with E-state index in [-0.39, 0.29) is 11.9 Å². The van der Waals surface area contributed by atoms with Crippen LogP contribution in [0.4, 0.5) is 4.39 Å². The van der Waals surface area contributed by atoms with E-state index in [1.807, 2.05) is 6.92 Å². The first-order valence-electron chi connectivity index (χ1n) is 5.71. The molecule has 17 heavy (non-hydrogen) atoms. The van der Waals surface area contributed by atoms with E-state index < -0.39 is 0 Å². The number of hydrogen-bond donors (Lipinski definition) is 0. The Hall–Kier alpha value is -1.29.